The smallest absolute Gasteiger partial charge is 0.186 e. The summed E-state index contributed by atoms with van der Waals surface area (Å²) in [6.07, 6.45) is 0. The second-order valence-corrected chi connectivity index (χ2v) is 3.12. The van der Waals surface area contributed by atoms with Crippen molar-refractivity contribution in [2.24, 2.45) is 9.98 Å². The molecule has 0 N–H and O–H groups in total. The molecule has 1 aromatic carbocycles. The summed E-state index contributed by atoms with van der Waals surface area (Å²) in [5, 5.41) is 0.696. The lowest BCUT2D eigenvalue weighted by Gasteiger charge is -1.97. The Balaban J connectivity index is 2.70. The van der Waals surface area contributed by atoms with Gasteiger partial charge in [0.15, 0.2) is 5.17 Å². The van der Waals surface area contributed by atoms with Crippen molar-refractivity contribution >= 4 is 23.6 Å². The molecular weight excluding hydrogens is 168 g/mol. The van der Waals surface area contributed by atoms with Crippen molar-refractivity contribution < 1.29 is 0 Å². The fourth-order valence-corrected chi connectivity index (χ4v) is 1.40. The highest BCUT2D eigenvalue weighted by molar-refractivity contribution is 8.13. The molecule has 0 aliphatic heterocycles. The lowest BCUT2D eigenvalue weighted by atomic mass is 10.4. The van der Waals surface area contributed by atoms with Crippen molar-refractivity contribution in [3.05, 3.63) is 30.3 Å². The van der Waals surface area contributed by atoms with Crippen LogP contribution in [0.1, 0.15) is 0 Å². The zero-order chi connectivity index (χ0) is 8.81. The van der Waals surface area contributed by atoms with Gasteiger partial charge < -0.3 is 0 Å². The molecule has 12 heavy (non-hydrogen) atoms. The van der Waals surface area contributed by atoms with Crippen molar-refractivity contribution in [1.29, 1.82) is 0 Å². The van der Waals surface area contributed by atoms with Gasteiger partial charge in [0.2, 0.25) is 0 Å². The van der Waals surface area contributed by atoms with E-state index in [1.165, 1.54) is 11.8 Å². The summed E-state index contributed by atoms with van der Waals surface area (Å²) in [6.45, 7) is 3.43. The van der Waals surface area contributed by atoms with E-state index in [1.807, 2.05) is 30.3 Å². The maximum atomic E-state index is 3.95. The van der Waals surface area contributed by atoms with Crippen LogP contribution < -0.4 is 0 Å². The number of nitrogens with zero attached hydrogens (tertiary/aromatic N) is 2. The molecule has 0 aliphatic rings. The van der Waals surface area contributed by atoms with E-state index in [2.05, 4.69) is 16.7 Å². The van der Waals surface area contributed by atoms with E-state index in [0.717, 1.165) is 4.90 Å². The first-order valence-corrected chi connectivity index (χ1v) is 4.35. The Bertz CT molecular complexity index is 280. The predicted molar refractivity (Wildman–Crippen MR) is 55.2 cm³/mol. The van der Waals surface area contributed by atoms with Crippen LogP contribution in [0, 0.1) is 0 Å². The Morgan fingerprint density at radius 2 is 2.00 bits per heavy atom. The monoisotopic (exact) mass is 178 g/mol. The highest BCUT2D eigenvalue weighted by Crippen LogP contribution is 2.18. The van der Waals surface area contributed by atoms with E-state index in [4.69, 9.17) is 0 Å². The highest BCUT2D eigenvalue weighted by Gasteiger charge is 1.96. The Morgan fingerprint density at radius 1 is 1.33 bits per heavy atom. The van der Waals surface area contributed by atoms with Crippen LogP contribution in [-0.2, 0) is 0 Å². The fourth-order valence-electron chi connectivity index (χ4n) is 0.743. The molecule has 0 fully saturated rings. The average molecular weight is 178 g/mol. The van der Waals surface area contributed by atoms with E-state index >= 15 is 0 Å². The number of aliphatic imine (C=N–C) groups is 2. The molecule has 0 radical (unpaired) electrons. The van der Waals surface area contributed by atoms with E-state index in [-0.39, 0.29) is 0 Å². The van der Waals surface area contributed by atoms with Crippen molar-refractivity contribution in [3.8, 4) is 0 Å². The molecule has 0 amide bonds. The standard InChI is InChI=1S/C9H10N2S/c1-10-9(11-2)12-8-6-4-3-5-7-8/h3-7H,1H2,2H3. The molecule has 0 saturated heterocycles. The van der Waals surface area contributed by atoms with Crippen LogP contribution in [0.2, 0.25) is 0 Å². The number of amidine groups is 1. The zero-order valence-corrected chi connectivity index (χ0v) is 7.71. The van der Waals surface area contributed by atoms with Gasteiger partial charge in [-0.3, -0.25) is 4.99 Å². The molecular formula is C9H10N2S. The van der Waals surface area contributed by atoms with Crippen LogP contribution in [0.4, 0.5) is 0 Å². The fraction of sp³-hybridized carbons (Fsp3) is 0.111. The van der Waals surface area contributed by atoms with Gasteiger partial charge in [-0.05, 0) is 18.9 Å². The first kappa shape index (κ1) is 9.00. The summed E-state index contributed by atoms with van der Waals surface area (Å²) < 4.78 is 0. The maximum absolute atomic E-state index is 3.95. The van der Waals surface area contributed by atoms with Gasteiger partial charge in [0.05, 0.1) is 0 Å². The molecule has 2 nitrogen and oxygen atoms in total. The van der Waals surface area contributed by atoms with Gasteiger partial charge in [0.1, 0.15) is 0 Å². The van der Waals surface area contributed by atoms with Crippen molar-refractivity contribution in [2.45, 2.75) is 4.90 Å². The molecule has 0 unspecified atom stereocenters. The van der Waals surface area contributed by atoms with Gasteiger partial charge in [0, 0.05) is 11.9 Å². The van der Waals surface area contributed by atoms with Gasteiger partial charge in [0.25, 0.3) is 0 Å². The molecule has 0 atom stereocenters. The van der Waals surface area contributed by atoms with E-state index in [0.29, 0.717) is 5.17 Å². The maximum Gasteiger partial charge on any atom is 0.186 e. The molecule has 0 saturated carbocycles. The lowest BCUT2D eigenvalue weighted by Crippen LogP contribution is -1.84. The van der Waals surface area contributed by atoms with Crippen LogP contribution in [0.15, 0.2) is 45.2 Å². The molecule has 62 valence electrons. The number of hydrogen-bond donors (Lipinski definition) is 0. The minimum Gasteiger partial charge on any atom is -0.264 e. The van der Waals surface area contributed by atoms with Crippen molar-refractivity contribution in [2.75, 3.05) is 7.05 Å². The number of rotatable bonds is 1. The second-order valence-electron chi connectivity index (χ2n) is 2.08. The summed E-state index contributed by atoms with van der Waals surface area (Å²) in [5.41, 5.74) is 0. The quantitative estimate of drug-likeness (QED) is 0.368. The minimum absolute atomic E-state index is 0.696. The molecule has 0 aromatic heterocycles. The first-order valence-electron chi connectivity index (χ1n) is 3.53. The average Bonchev–Trinajstić information content (AvgIpc) is 2.16. The number of benzene rings is 1. The van der Waals surface area contributed by atoms with Crippen LogP contribution >= 0.6 is 11.8 Å². The number of hydrogen-bond acceptors (Lipinski definition) is 2. The van der Waals surface area contributed by atoms with Crippen molar-refractivity contribution in [1.82, 2.24) is 0 Å². The number of thioether (sulfide) groups is 1. The van der Waals surface area contributed by atoms with E-state index in [9.17, 15) is 0 Å². The summed E-state index contributed by atoms with van der Waals surface area (Å²) in [6, 6.07) is 9.98. The summed E-state index contributed by atoms with van der Waals surface area (Å²) in [5.74, 6) is 0. The highest BCUT2D eigenvalue weighted by atomic mass is 32.2. The van der Waals surface area contributed by atoms with Crippen LogP contribution in [0.25, 0.3) is 0 Å². The predicted octanol–water partition coefficient (Wildman–Crippen LogP) is 2.47. The molecule has 3 heteroatoms. The van der Waals surface area contributed by atoms with E-state index < -0.39 is 0 Å². The summed E-state index contributed by atoms with van der Waals surface area (Å²) in [7, 11) is 1.71. The molecule has 0 heterocycles. The Morgan fingerprint density at radius 3 is 2.50 bits per heavy atom. The minimum atomic E-state index is 0.696. The van der Waals surface area contributed by atoms with Gasteiger partial charge in [-0.15, -0.1) is 0 Å². The normalized spacial score (nSPS) is 11.2. The Hall–Kier alpha value is -1.09. The third-order valence-electron chi connectivity index (χ3n) is 1.28. The SMILES string of the molecule is C=NC(=NC)Sc1ccccc1. The Labute approximate surface area is 76.4 Å². The third kappa shape index (κ3) is 2.51. The van der Waals surface area contributed by atoms with Crippen LogP contribution in [0.5, 0.6) is 0 Å². The van der Waals surface area contributed by atoms with Crippen molar-refractivity contribution in [3.63, 3.8) is 0 Å². The molecule has 0 spiro atoms. The molecule has 0 bridgehead atoms. The lowest BCUT2D eigenvalue weighted by molar-refractivity contribution is 1.43. The molecule has 0 aliphatic carbocycles. The van der Waals surface area contributed by atoms with Crippen LogP contribution in [-0.4, -0.2) is 18.9 Å². The largest absolute Gasteiger partial charge is 0.264 e. The van der Waals surface area contributed by atoms with Crippen LogP contribution in [0.3, 0.4) is 0 Å². The van der Waals surface area contributed by atoms with Gasteiger partial charge in [-0.2, -0.15) is 0 Å². The van der Waals surface area contributed by atoms with Gasteiger partial charge >= 0.3 is 0 Å². The molecule has 1 rings (SSSR count). The van der Waals surface area contributed by atoms with Gasteiger partial charge in [-0.25, -0.2) is 4.99 Å². The summed E-state index contributed by atoms with van der Waals surface area (Å²) in [4.78, 5) is 8.85. The van der Waals surface area contributed by atoms with E-state index in [1.54, 1.807) is 7.05 Å². The zero-order valence-electron chi connectivity index (χ0n) is 6.90. The topological polar surface area (TPSA) is 24.7 Å². The second kappa shape index (κ2) is 4.72. The Kier molecular flexibility index (Phi) is 3.54. The summed E-state index contributed by atoms with van der Waals surface area (Å²) >= 11 is 1.51. The van der Waals surface area contributed by atoms with Gasteiger partial charge in [-0.1, -0.05) is 30.0 Å². The molecule has 1 aromatic rings. The first-order chi connectivity index (χ1) is 5.86. The third-order valence-corrected chi connectivity index (χ3v) is 2.28.